The highest BCUT2D eigenvalue weighted by Gasteiger charge is 2.17. The van der Waals surface area contributed by atoms with Crippen LogP contribution in [-0.4, -0.2) is 44.5 Å². The molecule has 18 heavy (non-hydrogen) atoms. The van der Waals surface area contributed by atoms with E-state index in [0.29, 0.717) is 17.6 Å². The highest BCUT2D eigenvalue weighted by molar-refractivity contribution is 7.99. The number of rotatable bonds is 3. The molecule has 0 amide bonds. The quantitative estimate of drug-likeness (QED) is 0.783. The molecule has 1 unspecified atom stereocenters. The fourth-order valence-corrected chi connectivity index (χ4v) is 3.17. The van der Waals surface area contributed by atoms with Crippen LogP contribution in [0.1, 0.15) is 12.8 Å². The molecule has 2 aromatic rings. The van der Waals surface area contributed by atoms with Crippen LogP contribution in [-0.2, 0) is 0 Å². The summed E-state index contributed by atoms with van der Waals surface area (Å²) in [5.41, 5.74) is 1.57. The molecule has 1 fully saturated rings. The van der Waals surface area contributed by atoms with Crippen LogP contribution in [0.2, 0.25) is 0 Å². The lowest BCUT2D eigenvalue weighted by atomic mass is 10.2. The number of nitrogens with zero attached hydrogens (tertiary/aromatic N) is 3. The zero-order valence-corrected chi connectivity index (χ0v) is 11.0. The molecule has 1 aliphatic heterocycles. The summed E-state index contributed by atoms with van der Waals surface area (Å²) in [5, 5.41) is 6.47. The van der Waals surface area contributed by atoms with Gasteiger partial charge in [0.2, 0.25) is 5.95 Å². The molecule has 1 atom stereocenters. The molecule has 0 bridgehead atoms. The van der Waals surface area contributed by atoms with Crippen molar-refractivity contribution in [2.75, 3.05) is 29.2 Å². The Balaban J connectivity index is 1.91. The van der Waals surface area contributed by atoms with Crippen LogP contribution in [0.3, 0.4) is 0 Å². The largest absolute Gasteiger partial charge is 0.365 e. The van der Waals surface area contributed by atoms with Gasteiger partial charge in [0.1, 0.15) is 5.52 Å². The Hall–Kier alpha value is -1.50. The van der Waals surface area contributed by atoms with Gasteiger partial charge in [0.05, 0.1) is 6.33 Å². The van der Waals surface area contributed by atoms with Gasteiger partial charge in [0.15, 0.2) is 11.5 Å². The third-order valence-electron chi connectivity index (χ3n) is 3.01. The number of anilines is 2. The van der Waals surface area contributed by atoms with E-state index in [1.54, 1.807) is 6.33 Å². The molecule has 3 N–H and O–H groups in total. The van der Waals surface area contributed by atoms with Crippen LogP contribution in [0.15, 0.2) is 6.33 Å². The SMILES string of the molecule is CNc1nc(NC2CCCSC2)c2[nH]cnc2n1. The second-order valence-electron chi connectivity index (χ2n) is 4.31. The monoisotopic (exact) mass is 264 g/mol. The van der Waals surface area contributed by atoms with Gasteiger partial charge in [-0.1, -0.05) is 0 Å². The highest BCUT2D eigenvalue weighted by atomic mass is 32.2. The molecule has 3 heterocycles. The number of imidazole rings is 1. The lowest BCUT2D eigenvalue weighted by Gasteiger charge is -2.23. The van der Waals surface area contributed by atoms with E-state index in [4.69, 9.17) is 0 Å². The first-order valence-corrected chi connectivity index (χ1v) is 7.25. The van der Waals surface area contributed by atoms with Gasteiger partial charge in [-0.05, 0) is 18.6 Å². The molecule has 0 radical (unpaired) electrons. The van der Waals surface area contributed by atoms with Gasteiger partial charge in [-0.2, -0.15) is 21.7 Å². The smallest absolute Gasteiger partial charge is 0.226 e. The van der Waals surface area contributed by atoms with E-state index in [9.17, 15) is 0 Å². The Morgan fingerprint density at radius 2 is 2.39 bits per heavy atom. The van der Waals surface area contributed by atoms with Gasteiger partial charge in [-0.3, -0.25) is 0 Å². The fourth-order valence-electron chi connectivity index (χ4n) is 2.10. The van der Waals surface area contributed by atoms with Crippen LogP contribution in [0.25, 0.3) is 11.2 Å². The van der Waals surface area contributed by atoms with Crippen molar-refractivity contribution in [3.8, 4) is 0 Å². The molecule has 1 saturated heterocycles. The second-order valence-corrected chi connectivity index (χ2v) is 5.46. The molecule has 6 nitrogen and oxygen atoms in total. The van der Waals surface area contributed by atoms with Gasteiger partial charge in [0, 0.05) is 18.8 Å². The van der Waals surface area contributed by atoms with E-state index in [2.05, 4.69) is 30.6 Å². The van der Waals surface area contributed by atoms with Crippen LogP contribution in [0.4, 0.5) is 11.8 Å². The second kappa shape index (κ2) is 5.01. The van der Waals surface area contributed by atoms with Gasteiger partial charge >= 0.3 is 0 Å². The number of fused-ring (bicyclic) bond motifs is 1. The predicted molar refractivity (Wildman–Crippen MR) is 75.2 cm³/mol. The first-order chi connectivity index (χ1) is 8.86. The minimum Gasteiger partial charge on any atom is -0.365 e. The van der Waals surface area contributed by atoms with E-state index in [1.165, 1.54) is 18.6 Å². The van der Waals surface area contributed by atoms with Crippen molar-refractivity contribution in [3.05, 3.63) is 6.33 Å². The van der Waals surface area contributed by atoms with Crippen LogP contribution >= 0.6 is 11.8 Å². The molecule has 7 heteroatoms. The summed E-state index contributed by atoms with van der Waals surface area (Å²) < 4.78 is 0. The maximum atomic E-state index is 4.47. The van der Waals surface area contributed by atoms with E-state index < -0.39 is 0 Å². The maximum Gasteiger partial charge on any atom is 0.226 e. The molecule has 3 rings (SSSR count). The Kier molecular flexibility index (Phi) is 3.22. The number of H-pyrrole nitrogens is 1. The first-order valence-electron chi connectivity index (χ1n) is 6.10. The van der Waals surface area contributed by atoms with Crippen molar-refractivity contribution >= 4 is 34.7 Å². The third-order valence-corrected chi connectivity index (χ3v) is 4.23. The Morgan fingerprint density at radius 1 is 1.44 bits per heavy atom. The zero-order chi connectivity index (χ0) is 12.4. The molecular formula is C11H16N6S. The summed E-state index contributed by atoms with van der Waals surface area (Å²) in [7, 11) is 1.81. The summed E-state index contributed by atoms with van der Waals surface area (Å²) in [4.78, 5) is 16.1. The summed E-state index contributed by atoms with van der Waals surface area (Å²) in [6, 6.07) is 0.481. The lowest BCUT2D eigenvalue weighted by molar-refractivity contribution is 0.683. The number of hydrogen-bond acceptors (Lipinski definition) is 6. The van der Waals surface area contributed by atoms with Crippen molar-refractivity contribution in [2.45, 2.75) is 18.9 Å². The van der Waals surface area contributed by atoms with Crippen LogP contribution in [0, 0.1) is 0 Å². The fraction of sp³-hybridized carbons (Fsp3) is 0.545. The summed E-state index contributed by atoms with van der Waals surface area (Å²) in [6.45, 7) is 0. The average molecular weight is 264 g/mol. The summed E-state index contributed by atoms with van der Waals surface area (Å²) in [6.07, 6.45) is 4.11. The number of thioether (sulfide) groups is 1. The molecule has 96 valence electrons. The van der Waals surface area contributed by atoms with Crippen molar-refractivity contribution in [1.29, 1.82) is 0 Å². The van der Waals surface area contributed by atoms with Gasteiger partial charge in [-0.15, -0.1) is 0 Å². The molecule has 2 aromatic heterocycles. The van der Waals surface area contributed by atoms with Crippen molar-refractivity contribution < 1.29 is 0 Å². The molecule has 0 spiro atoms. The van der Waals surface area contributed by atoms with Crippen LogP contribution < -0.4 is 10.6 Å². The minimum absolute atomic E-state index is 0.481. The molecule has 0 aliphatic carbocycles. The lowest BCUT2D eigenvalue weighted by Crippen LogP contribution is -2.26. The molecular weight excluding hydrogens is 248 g/mol. The average Bonchev–Trinajstić information content (AvgIpc) is 2.88. The minimum atomic E-state index is 0.481. The number of hydrogen-bond donors (Lipinski definition) is 3. The standard InChI is InChI=1S/C11H16N6S/c1-12-11-16-9-8(13-6-14-9)10(17-11)15-7-3-2-4-18-5-7/h6-7H,2-5H2,1H3,(H3,12,13,14,15,16,17). The summed E-state index contributed by atoms with van der Waals surface area (Å²) >= 11 is 1.99. The number of aromatic nitrogens is 4. The topological polar surface area (TPSA) is 78.5 Å². The van der Waals surface area contributed by atoms with Crippen LogP contribution in [0.5, 0.6) is 0 Å². The summed E-state index contributed by atoms with van der Waals surface area (Å²) in [5.74, 6) is 3.84. The maximum absolute atomic E-state index is 4.47. The van der Waals surface area contributed by atoms with E-state index in [0.717, 1.165) is 17.1 Å². The zero-order valence-electron chi connectivity index (χ0n) is 10.2. The van der Waals surface area contributed by atoms with E-state index >= 15 is 0 Å². The van der Waals surface area contributed by atoms with Crippen molar-refractivity contribution in [3.63, 3.8) is 0 Å². The van der Waals surface area contributed by atoms with Gasteiger partial charge < -0.3 is 15.6 Å². The van der Waals surface area contributed by atoms with E-state index in [1.807, 2.05) is 18.8 Å². The molecule has 0 aromatic carbocycles. The van der Waals surface area contributed by atoms with Crippen molar-refractivity contribution in [2.24, 2.45) is 0 Å². The van der Waals surface area contributed by atoms with Gasteiger partial charge in [-0.25, -0.2) is 4.98 Å². The molecule has 1 aliphatic rings. The Morgan fingerprint density at radius 3 is 3.17 bits per heavy atom. The third kappa shape index (κ3) is 2.22. The Labute approximate surface area is 109 Å². The van der Waals surface area contributed by atoms with E-state index in [-0.39, 0.29) is 0 Å². The first kappa shape index (κ1) is 11.6. The van der Waals surface area contributed by atoms with Crippen molar-refractivity contribution in [1.82, 2.24) is 19.9 Å². The normalized spacial score (nSPS) is 19.9. The Bertz CT molecular complexity index is 533. The number of aromatic amines is 1. The highest BCUT2D eigenvalue weighted by Crippen LogP contribution is 2.24. The number of nitrogens with one attached hydrogen (secondary N) is 3. The predicted octanol–water partition coefficient (Wildman–Crippen LogP) is 1.70. The van der Waals surface area contributed by atoms with Gasteiger partial charge in [0.25, 0.3) is 0 Å². The molecule has 0 saturated carbocycles.